The summed E-state index contributed by atoms with van der Waals surface area (Å²) in [6.45, 7) is 15.4. The zero-order valence-electron chi connectivity index (χ0n) is 26.3. The summed E-state index contributed by atoms with van der Waals surface area (Å²) in [7, 11) is 0. The molecule has 50 heavy (non-hydrogen) atoms. The Kier molecular flexibility index (Phi) is 5.34. The molecule has 0 aliphatic carbocycles. The van der Waals surface area contributed by atoms with Crippen LogP contribution in [0, 0.1) is 13.1 Å². The van der Waals surface area contributed by atoms with E-state index in [1.165, 1.54) is 25.6 Å². The molecule has 0 unspecified atom stereocenters. The maximum atomic E-state index is 7.76. The number of fused-ring (bicyclic) bond motifs is 13. The monoisotopic (exact) mass is 654 g/mol. The van der Waals surface area contributed by atoms with Crippen LogP contribution in [0.5, 0.6) is 0 Å². The van der Waals surface area contributed by atoms with Crippen molar-refractivity contribution in [1.29, 1.82) is 0 Å². The van der Waals surface area contributed by atoms with E-state index in [0.717, 1.165) is 66.0 Å². The van der Waals surface area contributed by atoms with Crippen molar-refractivity contribution in [2.75, 3.05) is 0 Å². The lowest BCUT2D eigenvalue weighted by Crippen LogP contribution is -1.94. The molecule has 11 aromatic rings. The van der Waals surface area contributed by atoms with E-state index in [2.05, 4.69) is 122 Å². The van der Waals surface area contributed by atoms with Gasteiger partial charge in [-0.25, -0.2) is 9.69 Å². The van der Waals surface area contributed by atoms with Crippen LogP contribution in [0.25, 0.3) is 107 Å². The van der Waals surface area contributed by atoms with E-state index >= 15 is 0 Å². The molecular weight excluding hydrogens is 633 g/mol. The molecular formula is C44H22N4OS. The zero-order chi connectivity index (χ0) is 33.1. The number of furan rings is 1. The molecule has 0 spiro atoms. The maximum absolute atomic E-state index is 7.76. The van der Waals surface area contributed by atoms with Gasteiger partial charge in [-0.1, -0.05) is 60.7 Å². The van der Waals surface area contributed by atoms with Gasteiger partial charge >= 0.3 is 0 Å². The summed E-state index contributed by atoms with van der Waals surface area (Å²) in [6, 6.07) is 46.5. The minimum atomic E-state index is 0.520. The van der Waals surface area contributed by atoms with Crippen molar-refractivity contribution in [3.05, 3.63) is 156 Å². The smallest absolute Gasteiger partial charge is 0.229 e. The lowest BCUT2D eigenvalue weighted by Gasteiger charge is -2.10. The molecule has 0 aliphatic heterocycles. The van der Waals surface area contributed by atoms with Crippen molar-refractivity contribution in [3.63, 3.8) is 0 Å². The van der Waals surface area contributed by atoms with Crippen molar-refractivity contribution in [2.24, 2.45) is 0 Å². The van der Waals surface area contributed by atoms with Gasteiger partial charge in [0.05, 0.1) is 40.6 Å². The molecule has 0 fully saturated rings. The Morgan fingerprint density at radius 1 is 0.500 bits per heavy atom. The molecule has 4 aromatic heterocycles. The first-order valence-corrected chi connectivity index (χ1v) is 17.1. The Morgan fingerprint density at radius 2 is 1.16 bits per heavy atom. The van der Waals surface area contributed by atoms with Gasteiger partial charge in [0.1, 0.15) is 11.2 Å². The van der Waals surface area contributed by atoms with E-state index < -0.39 is 0 Å². The summed E-state index contributed by atoms with van der Waals surface area (Å²) < 4.78 is 13.5. The Hall–Kier alpha value is -6.86. The third kappa shape index (κ3) is 3.52. The topological polar surface area (TPSA) is 31.7 Å². The highest BCUT2D eigenvalue weighted by atomic mass is 32.1. The fourth-order valence-corrected chi connectivity index (χ4v) is 9.09. The average molecular weight is 655 g/mol. The van der Waals surface area contributed by atoms with Gasteiger partial charge in [0.2, 0.25) is 5.69 Å². The summed E-state index contributed by atoms with van der Waals surface area (Å²) in [5, 5.41) is 8.91. The average Bonchev–Trinajstić information content (AvgIpc) is 3.91. The van der Waals surface area contributed by atoms with Crippen LogP contribution in [-0.4, -0.2) is 9.13 Å². The normalized spacial score (nSPS) is 12.0. The van der Waals surface area contributed by atoms with Crippen LogP contribution < -0.4 is 0 Å². The standard InChI is InChI=1S/C44H22N4OS/c1-45-25-14-18-38-32(22-25)29-9-4-5-12-36(29)47(38)26-15-20-40-33(23-26)34-24-27(16-21-41(34)50-40)48-37-13-6-3-8-28(37)30-17-19-39-42(43(30)48)31-10-7-11-35(46-2)44(31)49-39/h3-24H. The summed E-state index contributed by atoms with van der Waals surface area (Å²) in [6.07, 6.45) is 0. The van der Waals surface area contributed by atoms with Gasteiger partial charge in [-0.05, 0) is 78.2 Å². The number of hydrogen-bond donors (Lipinski definition) is 0. The van der Waals surface area contributed by atoms with Gasteiger partial charge in [-0.3, -0.25) is 0 Å². The summed E-state index contributed by atoms with van der Waals surface area (Å²) in [5.74, 6) is 0. The second-order valence-electron chi connectivity index (χ2n) is 12.7. The summed E-state index contributed by atoms with van der Waals surface area (Å²) in [4.78, 5) is 7.46. The van der Waals surface area contributed by atoms with Crippen LogP contribution >= 0.6 is 11.3 Å². The second kappa shape index (κ2) is 9.84. The van der Waals surface area contributed by atoms with E-state index in [1.54, 1.807) is 0 Å². The molecule has 11 rings (SSSR count). The van der Waals surface area contributed by atoms with Crippen molar-refractivity contribution in [1.82, 2.24) is 9.13 Å². The molecule has 7 aromatic carbocycles. The van der Waals surface area contributed by atoms with Crippen molar-refractivity contribution in [2.45, 2.75) is 0 Å². The molecule has 0 bridgehead atoms. The van der Waals surface area contributed by atoms with Crippen molar-refractivity contribution < 1.29 is 4.42 Å². The molecule has 6 heteroatoms. The molecule has 0 amide bonds. The molecule has 0 atom stereocenters. The number of nitrogens with zero attached hydrogens (tertiary/aromatic N) is 4. The largest absolute Gasteiger partial charge is 0.467 e. The second-order valence-corrected chi connectivity index (χ2v) is 13.8. The van der Waals surface area contributed by atoms with Crippen molar-refractivity contribution in [3.8, 4) is 11.4 Å². The zero-order valence-corrected chi connectivity index (χ0v) is 27.1. The molecule has 0 aliphatic rings. The highest BCUT2D eigenvalue weighted by Gasteiger charge is 2.21. The van der Waals surface area contributed by atoms with Gasteiger partial charge in [0.25, 0.3) is 0 Å². The summed E-state index contributed by atoms with van der Waals surface area (Å²) >= 11 is 1.81. The third-order valence-corrected chi connectivity index (χ3v) is 11.3. The number of aromatic nitrogens is 2. The Balaban J connectivity index is 1.20. The minimum Gasteiger partial charge on any atom is -0.467 e. The fraction of sp³-hybridized carbons (Fsp3) is 0. The first-order chi connectivity index (χ1) is 24.7. The molecule has 0 N–H and O–H groups in total. The quantitative estimate of drug-likeness (QED) is 0.171. The Morgan fingerprint density at radius 3 is 1.90 bits per heavy atom. The maximum Gasteiger partial charge on any atom is 0.229 e. The van der Waals surface area contributed by atoms with Gasteiger partial charge in [-0.2, -0.15) is 0 Å². The molecule has 0 radical (unpaired) electrons. The predicted molar refractivity (Wildman–Crippen MR) is 208 cm³/mol. The van der Waals surface area contributed by atoms with Crippen LogP contribution in [0.15, 0.2) is 138 Å². The lowest BCUT2D eigenvalue weighted by molar-refractivity contribution is 0.671. The number of benzene rings is 7. The van der Waals surface area contributed by atoms with E-state index in [1.807, 2.05) is 41.7 Å². The van der Waals surface area contributed by atoms with E-state index in [4.69, 9.17) is 17.6 Å². The number of rotatable bonds is 2. The fourth-order valence-electron chi connectivity index (χ4n) is 8.02. The number of thiophene rings is 1. The van der Waals surface area contributed by atoms with Crippen LogP contribution in [0.4, 0.5) is 11.4 Å². The van der Waals surface area contributed by atoms with Crippen LogP contribution in [-0.2, 0) is 0 Å². The SMILES string of the molecule is [C-]#[N+]c1ccc2c(c1)c1ccccc1n2-c1ccc2sc3ccc(-n4c5ccccc5c5ccc6oc7c([N+]#[C-])cccc7c6c54)cc3c2c1. The third-order valence-electron chi connectivity index (χ3n) is 10.1. The summed E-state index contributed by atoms with van der Waals surface area (Å²) in [5.41, 5.74) is 9.12. The highest BCUT2D eigenvalue weighted by Crippen LogP contribution is 2.44. The Labute approximate surface area is 288 Å². The minimum absolute atomic E-state index is 0.520. The molecule has 230 valence electrons. The number of hydrogen-bond acceptors (Lipinski definition) is 2. The van der Waals surface area contributed by atoms with E-state index in [9.17, 15) is 0 Å². The molecule has 0 saturated heterocycles. The van der Waals surface area contributed by atoms with Gasteiger partial charge in [-0.15, -0.1) is 11.3 Å². The lowest BCUT2D eigenvalue weighted by atomic mass is 10.1. The first-order valence-electron chi connectivity index (χ1n) is 16.3. The van der Waals surface area contributed by atoms with E-state index in [-0.39, 0.29) is 0 Å². The van der Waals surface area contributed by atoms with Crippen LogP contribution in [0.2, 0.25) is 0 Å². The Bertz CT molecular complexity index is 3360. The van der Waals surface area contributed by atoms with Crippen LogP contribution in [0.1, 0.15) is 0 Å². The molecule has 4 heterocycles. The first kappa shape index (κ1) is 27.1. The van der Waals surface area contributed by atoms with Gasteiger partial charge in [0, 0.05) is 53.1 Å². The highest BCUT2D eigenvalue weighted by molar-refractivity contribution is 7.25. The van der Waals surface area contributed by atoms with Gasteiger partial charge in [0.15, 0.2) is 5.69 Å². The van der Waals surface area contributed by atoms with Crippen LogP contribution in [0.3, 0.4) is 0 Å². The number of para-hydroxylation sites is 3. The van der Waals surface area contributed by atoms with E-state index in [0.29, 0.717) is 17.0 Å². The van der Waals surface area contributed by atoms with Gasteiger partial charge < -0.3 is 13.6 Å². The molecule has 0 saturated carbocycles. The predicted octanol–water partition coefficient (Wildman–Crippen LogP) is 13.2. The van der Waals surface area contributed by atoms with Crippen molar-refractivity contribution >= 4 is 108 Å². The molecule has 5 nitrogen and oxygen atoms in total.